The Hall–Kier alpha value is -2.73. The number of nitrogens with one attached hydrogen (secondary N) is 1. The third-order valence-corrected chi connectivity index (χ3v) is 6.72. The number of hydrogen-bond acceptors (Lipinski definition) is 7. The first-order chi connectivity index (χ1) is 15.1. The number of thiazole rings is 1. The van der Waals surface area contributed by atoms with E-state index in [4.69, 9.17) is 10.5 Å². The van der Waals surface area contributed by atoms with Gasteiger partial charge >= 0.3 is 0 Å². The molecule has 0 saturated carbocycles. The summed E-state index contributed by atoms with van der Waals surface area (Å²) in [5.74, 6) is -2.06. The Balaban J connectivity index is 1.57. The van der Waals surface area contributed by atoms with Crippen LogP contribution < -0.4 is 11.1 Å². The van der Waals surface area contributed by atoms with E-state index in [0.29, 0.717) is 17.8 Å². The van der Waals surface area contributed by atoms with Gasteiger partial charge < -0.3 is 20.9 Å². The summed E-state index contributed by atoms with van der Waals surface area (Å²) in [6.07, 6.45) is 0.768. The molecule has 4 rings (SSSR count). The minimum absolute atomic E-state index is 0.0139. The third-order valence-electron chi connectivity index (χ3n) is 5.86. The summed E-state index contributed by atoms with van der Waals surface area (Å²) in [5.41, 5.74) is 5.70. The summed E-state index contributed by atoms with van der Waals surface area (Å²) in [6, 6.07) is 2.99. The number of halogens is 2. The van der Waals surface area contributed by atoms with Crippen molar-refractivity contribution in [1.29, 1.82) is 0 Å². The fraction of sp³-hybridized carbons (Fsp3) is 0.381. The molecule has 2 aromatic heterocycles. The minimum atomic E-state index is -1.18. The fourth-order valence-corrected chi connectivity index (χ4v) is 4.54. The van der Waals surface area contributed by atoms with Crippen LogP contribution in [-0.4, -0.2) is 43.5 Å². The molecule has 11 heteroatoms. The number of ether oxygens (including phenoxy) is 1. The second kappa shape index (κ2) is 8.32. The average molecular weight is 464 g/mol. The zero-order valence-electron chi connectivity index (χ0n) is 17.7. The van der Waals surface area contributed by atoms with Crippen molar-refractivity contribution in [2.45, 2.75) is 44.1 Å². The summed E-state index contributed by atoms with van der Waals surface area (Å²) < 4.78 is 35.6. The van der Waals surface area contributed by atoms with Crippen LogP contribution in [-0.2, 0) is 11.8 Å². The smallest absolute Gasteiger partial charge is 0.275 e. The first-order valence-corrected chi connectivity index (χ1v) is 10.8. The van der Waals surface area contributed by atoms with E-state index < -0.39 is 41.4 Å². The maximum Gasteiger partial charge on any atom is 0.275 e. The number of nitrogens with two attached hydrogens (primary N) is 1. The van der Waals surface area contributed by atoms with Crippen molar-refractivity contribution < 1.29 is 23.4 Å². The lowest BCUT2D eigenvalue weighted by molar-refractivity contribution is -0.172. The highest BCUT2D eigenvalue weighted by Crippen LogP contribution is 2.38. The van der Waals surface area contributed by atoms with E-state index in [-0.39, 0.29) is 16.3 Å². The quantitative estimate of drug-likeness (QED) is 0.548. The summed E-state index contributed by atoms with van der Waals surface area (Å²) in [7, 11) is 1.71. The number of hydrogen-bond donors (Lipinski definition) is 3. The molecule has 1 saturated heterocycles. The van der Waals surface area contributed by atoms with Crippen LogP contribution >= 0.6 is 11.3 Å². The molecule has 0 bridgehead atoms. The van der Waals surface area contributed by atoms with Crippen molar-refractivity contribution in [3.8, 4) is 10.6 Å². The van der Waals surface area contributed by atoms with Gasteiger partial charge in [-0.05, 0) is 32.4 Å². The van der Waals surface area contributed by atoms with Gasteiger partial charge in [-0.1, -0.05) is 6.07 Å². The third kappa shape index (κ3) is 3.92. The molecule has 8 nitrogen and oxygen atoms in total. The van der Waals surface area contributed by atoms with Crippen molar-refractivity contribution in [1.82, 2.24) is 14.8 Å². The predicted molar refractivity (Wildman–Crippen MR) is 115 cm³/mol. The Bertz CT molecular complexity index is 1130. The highest BCUT2D eigenvalue weighted by molar-refractivity contribution is 7.13. The number of anilines is 1. The maximum atomic E-state index is 14.0. The van der Waals surface area contributed by atoms with Crippen molar-refractivity contribution in [2.75, 3.05) is 5.32 Å². The summed E-state index contributed by atoms with van der Waals surface area (Å²) in [6.45, 7) is 3.36. The van der Waals surface area contributed by atoms with Crippen molar-refractivity contribution >= 4 is 22.9 Å². The summed E-state index contributed by atoms with van der Waals surface area (Å²) in [4.78, 5) is 16.9. The Morgan fingerprint density at radius 1 is 1.41 bits per heavy atom. The molecule has 0 radical (unpaired) electrons. The maximum absolute atomic E-state index is 14.0. The zero-order chi connectivity index (χ0) is 23.2. The highest BCUT2D eigenvalue weighted by atomic mass is 32.1. The van der Waals surface area contributed by atoms with Crippen LogP contribution in [0.3, 0.4) is 0 Å². The Morgan fingerprint density at radius 3 is 2.75 bits per heavy atom. The van der Waals surface area contributed by atoms with Crippen LogP contribution in [0.25, 0.3) is 10.6 Å². The zero-order valence-corrected chi connectivity index (χ0v) is 18.5. The monoisotopic (exact) mass is 463 g/mol. The van der Waals surface area contributed by atoms with Gasteiger partial charge in [0.25, 0.3) is 5.91 Å². The Morgan fingerprint density at radius 2 is 2.09 bits per heavy atom. The number of carbonyl (C=O) groups is 1. The molecule has 32 heavy (non-hydrogen) atoms. The molecule has 3 aromatic rings. The van der Waals surface area contributed by atoms with E-state index in [1.807, 2.05) is 0 Å². The van der Waals surface area contributed by atoms with Gasteiger partial charge in [-0.2, -0.15) is 5.10 Å². The number of amides is 1. The largest absolute Gasteiger partial charge is 0.386 e. The van der Waals surface area contributed by atoms with Crippen molar-refractivity contribution in [3.63, 3.8) is 0 Å². The second-order valence-electron chi connectivity index (χ2n) is 7.99. The molecule has 3 heterocycles. The van der Waals surface area contributed by atoms with E-state index in [1.54, 1.807) is 25.6 Å². The molecule has 170 valence electrons. The molecule has 0 unspecified atom stereocenters. The van der Waals surface area contributed by atoms with Crippen molar-refractivity contribution in [2.24, 2.45) is 12.8 Å². The molecule has 1 fully saturated rings. The lowest BCUT2D eigenvalue weighted by Gasteiger charge is -2.43. The normalized spacial score (nSPS) is 25.7. The molecule has 4 N–H and O–H groups in total. The molecule has 0 aliphatic carbocycles. The van der Waals surface area contributed by atoms with Gasteiger partial charge in [0, 0.05) is 18.5 Å². The lowest BCUT2D eigenvalue weighted by atomic mass is 9.84. The van der Waals surface area contributed by atoms with Crippen molar-refractivity contribution in [3.05, 3.63) is 52.8 Å². The van der Waals surface area contributed by atoms with Crippen LogP contribution in [0.4, 0.5) is 14.5 Å². The number of nitrogens with zero attached hydrogens (tertiary/aromatic N) is 3. The van der Waals surface area contributed by atoms with E-state index >= 15 is 0 Å². The molecule has 1 aliphatic rings. The average Bonchev–Trinajstić information content (AvgIpc) is 3.33. The summed E-state index contributed by atoms with van der Waals surface area (Å²) >= 11 is 0.966. The molecular formula is C21H23F2N5O3S. The van der Waals surface area contributed by atoms with E-state index in [2.05, 4.69) is 15.4 Å². The van der Waals surface area contributed by atoms with Gasteiger partial charge in [0.2, 0.25) is 0 Å². The number of aryl methyl sites for hydroxylation is 1. The van der Waals surface area contributed by atoms with Gasteiger partial charge in [-0.25, -0.2) is 13.8 Å². The lowest BCUT2D eigenvalue weighted by Crippen LogP contribution is -2.58. The molecule has 4 atom stereocenters. The summed E-state index contributed by atoms with van der Waals surface area (Å²) in [5, 5.41) is 18.9. The van der Waals surface area contributed by atoms with Crippen LogP contribution in [0.5, 0.6) is 0 Å². The number of carbonyl (C=O) groups excluding carboxylic acids is 1. The topological polar surface area (TPSA) is 115 Å². The predicted octanol–water partition coefficient (Wildman–Crippen LogP) is 3.00. The molecule has 1 amide bonds. The number of aromatic nitrogens is 3. The first-order valence-electron chi connectivity index (χ1n) is 9.96. The van der Waals surface area contributed by atoms with Gasteiger partial charge in [0.05, 0.1) is 29.2 Å². The van der Waals surface area contributed by atoms with E-state index in [0.717, 1.165) is 23.5 Å². The molecule has 1 aromatic carbocycles. The highest BCUT2D eigenvalue weighted by Gasteiger charge is 2.44. The van der Waals surface area contributed by atoms with Crippen LogP contribution in [0.15, 0.2) is 29.8 Å². The van der Waals surface area contributed by atoms with E-state index in [1.165, 1.54) is 17.6 Å². The number of rotatable bonds is 4. The Kier molecular flexibility index (Phi) is 5.84. The number of benzene rings is 1. The number of aliphatic hydroxyl groups is 1. The van der Waals surface area contributed by atoms with Crippen LogP contribution in [0.1, 0.15) is 42.6 Å². The van der Waals surface area contributed by atoms with Gasteiger partial charge in [-0.15, -0.1) is 11.3 Å². The van der Waals surface area contributed by atoms with E-state index in [9.17, 15) is 18.7 Å². The van der Waals surface area contributed by atoms with Gasteiger partial charge in [0.1, 0.15) is 34.0 Å². The SMILES string of the molecule is C[C@@H]1O[C@@H](c2c(NC(=O)c3csc(-c4c(F)cccc4F)n3)cnn2C)C[C@H](N)[C@@]1(C)O. The molecular weight excluding hydrogens is 440 g/mol. The fourth-order valence-electron chi connectivity index (χ4n) is 3.69. The second-order valence-corrected chi connectivity index (χ2v) is 8.85. The standard InChI is InChI=1S/C21H23F2N5O3S/c1-10-21(2,30)16(24)7-15(31-10)18-13(8-25-28(18)3)26-19(29)14-9-32-20(27-14)17-11(22)5-4-6-12(17)23/h4-6,8-10,15-16,30H,7,24H2,1-3H3,(H,26,29)/t10-,15+,16-,21-/m0/s1. The first kappa shape index (κ1) is 22.5. The van der Waals surface area contributed by atoms with Gasteiger partial charge in [-0.3, -0.25) is 9.48 Å². The van der Waals surface area contributed by atoms with Gasteiger partial charge in [0.15, 0.2) is 0 Å². The van der Waals surface area contributed by atoms with Crippen LogP contribution in [0, 0.1) is 11.6 Å². The van der Waals surface area contributed by atoms with Crippen LogP contribution in [0.2, 0.25) is 0 Å². The minimum Gasteiger partial charge on any atom is -0.386 e. The Labute approximate surface area is 187 Å². The molecule has 1 aliphatic heterocycles. The molecule has 0 spiro atoms.